The third kappa shape index (κ3) is 3.14. The molecule has 1 unspecified atom stereocenters. The van der Waals surface area contributed by atoms with Crippen molar-refractivity contribution >= 4 is 10.2 Å². The average molecular weight is 317 g/mol. The molecule has 1 atom stereocenters. The van der Waals surface area contributed by atoms with Crippen molar-refractivity contribution < 1.29 is 8.42 Å². The molecule has 21 heavy (non-hydrogen) atoms. The second-order valence-electron chi connectivity index (χ2n) is 7.67. The highest BCUT2D eigenvalue weighted by Gasteiger charge is 2.64. The highest BCUT2D eigenvalue weighted by molar-refractivity contribution is 7.87. The Morgan fingerprint density at radius 3 is 2.24 bits per heavy atom. The number of nitrogens with one attached hydrogen (secondary N) is 2. The van der Waals surface area contributed by atoms with Gasteiger partial charge in [0.05, 0.1) is 0 Å². The molecule has 2 aliphatic rings. The van der Waals surface area contributed by atoms with Gasteiger partial charge >= 0.3 is 0 Å². The van der Waals surface area contributed by atoms with Gasteiger partial charge in [0.2, 0.25) is 0 Å². The Labute approximate surface area is 130 Å². The summed E-state index contributed by atoms with van der Waals surface area (Å²) in [6, 6.07) is 0.0847. The first-order valence-corrected chi connectivity index (χ1v) is 9.49. The Morgan fingerprint density at radius 2 is 1.71 bits per heavy atom. The average Bonchev–Trinajstić information content (AvgIpc) is 2.78. The first-order valence-electron chi connectivity index (χ1n) is 8.05. The Kier molecular flexibility index (Phi) is 4.74. The number of hydrogen-bond acceptors (Lipinski definition) is 3. The Hall–Kier alpha value is -0.170. The standard InChI is InChI=1S/C15H31N3O2S/c1-14(2)13(15(14,3)4)11-17-21(19,20)18-9-7-6-8-12(18)10-16-5/h12-13,16-17H,6-11H2,1-5H3. The molecule has 0 spiro atoms. The largest absolute Gasteiger partial charge is 0.318 e. The van der Waals surface area contributed by atoms with E-state index in [0.717, 1.165) is 25.8 Å². The van der Waals surface area contributed by atoms with Crippen molar-refractivity contribution in [1.29, 1.82) is 0 Å². The first kappa shape index (κ1) is 17.2. The van der Waals surface area contributed by atoms with Crippen LogP contribution in [-0.2, 0) is 10.2 Å². The van der Waals surface area contributed by atoms with Crippen LogP contribution >= 0.6 is 0 Å². The van der Waals surface area contributed by atoms with Crippen LogP contribution in [0, 0.1) is 16.7 Å². The summed E-state index contributed by atoms with van der Waals surface area (Å²) in [5.74, 6) is 0.410. The van der Waals surface area contributed by atoms with E-state index in [0.29, 0.717) is 19.0 Å². The zero-order valence-corrected chi connectivity index (χ0v) is 14.9. The molecule has 1 saturated heterocycles. The van der Waals surface area contributed by atoms with Crippen molar-refractivity contribution in [2.45, 2.75) is 53.0 Å². The van der Waals surface area contributed by atoms with Gasteiger partial charge in [0, 0.05) is 25.7 Å². The molecule has 0 amide bonds. The van der Waals surface area contributed by atoms with Gasteiger partial charge in [-0.25, -0.2) is 4.72 Å². The molecule has 1 heterocycles. The summed E-state index contributed by atoms with van der Waals surface area (Å²) >= 11 is 0. The van der Waals surface area contributed by atoms with Gasteiger partial charge in [-0.3, -0.25) is 0 Å². The van der Waals surface area contributed by atoms with Crippen LogP contribution in [0.15, 0.2) is 0 Å². The maximum Gasteiger partial charge on any atom is 0.279 e. The van der Waals surface area contributed by atoms with Gasteiger partial charge in [-0.1, -0.05) is 34.1 Å². The van der Waals surface area contributed by atoms with Crippen molar-refractivity contribution in [2.75, 3.05) is 26.7 Å². The minimum atomic E-state index is -3.37. The Morgan fingerprint density at radius 1 is 1.10 bits per heavy atom. The summed E-state index contributed by atoms with van der Waals surface area (Å²) in [5.41, 5.74) is 0.420. The van der Waals surface area contributed by atoms with E-state index in [1.807, 2.05) is 7.05 Å². The van der Waals surface area contributed by atoms with Gasteiger partial charge in [-0.05, 0) is 36.6 Å². The minimum absolute atomic E-state index is 0.0847. The van der Waals surface area contributed by atoms with Crippen molar-refractivity contribution in [3.8, 4) is 0 Å². The van der Waals surface area contributed by atoms with Crippen LogP contribution in [0.25, 0.3) is 0 Å². The summed E-state index contributed by atoms with van der Waals surface area (Å²) in [4.78, 5) is 0. The summed E-state index contributed by atoms with van der Waals surface area (Å²) in [7, 11) is -1.49. The Bertz CT molecular complexity index is 457. The molecule has 1 saturated carbocycles. The minimum Gasteiger partial charge on any atom is -0.318 e. The van der Waals surface area contributed by atoms with Gasteiger partial charge in [0.15, 0.2) is 0 Å². The van der Waals surface area contributed by atoms with Crippen LogP contribution in [-0.4, -0.2) is 45.4 Å². The molecule has 2 fully saturated rings. The molecule has 124 valence electrons. The SMILES string of the molecule is CNCC1CCCCN1S(=O)(=O)NCC1C(C)(C)C1(C)C. The molecule has 5 nitrogen and oxygen atoms in total. The third-order valence-corrected chi connectivity index (χ3v) is 7.74. The summed E-state index contributed by atoms with van der Waals surface area (Å²) in [6.07, 6.45) is 3.02. The molecule has 0 aromatic heterocycles. The number of piperidine rings is 1. The summed E-state index contributed by atoms with van der Waals surface area (Å²) in [5, 5.41) is 3.11. The molecule has 0 aromatic rings. The quantitative estimate of drug-likeness (QED) is 0.782. The lowest BCUT2D eigenvalue weighted by Gasteiger charge is -2.34. The lowest BCUT2D eigenvalue weighted by molar-refractivity contribution is 0.245. The molecule has 1 aliphatic carbocycles. The van der Waals surface area contributed by atoms with Crippen LogP contribution in [0.1, 0.15) is 47.0 Å². The van der Waals surface area contributed by atoms with Crippen LogP contribution in [0.5, 0.6) is 0 Å². The van der Waals surface area contributed by atoms with Crippen LogP contribution in [0.3, 0.4) is 0 Å². The second-order valence-corrected chi connectivity index (χ2v) is 9.38. The van der Waals surface area contributed by atoms with Crippen molar-refractivity contribution in [1.82, 2.24) is 14.3 Å². The smallest absolute Gasteiger partial charge is 0.279 e. The number of rotatable bonds is 6. The van der Waals surface area contributed by atoms with Gasteiger partial charge in [0.1, 0.15) is 0 Å². The van der Waals surface area contributed by atoms with Crippen molar-refractivity contribution in [3.05, 3.63) is 0 Å². The molecular weight excluding hydrogens is 286 g/mol. The first-order chi connectivity index (χ1) is 9.64. The summed E-state index contributed by atoms with van der Waals surface area (Å²) < 4.78 is 29.7. The predicted molar refractivity (Wildman–Crippen MR) is 86.2 cm³/mol. The van der Waals surface area contributed by atoms with E-state index in [9.17, 15) is 8.42 Å². The lowest BCUT2D eigenvalue weighted by Crippen LogP contribution is -2.52. The predicted octanol–water partition coefficient (Wildman–Crippen LogP) is 1.58. The van der Waals surface area contributed by atoms with Crippen molar-refractivity contribution in [3.63, 3.8) is 0 Å². The fourth-order valence-corrected chi connectivity index (χ4v) is 5.33. The molecule has 0 radical (unpaired) electrons. The molecule has 6 heteroatoms. The van der Waals surface area contributed by atoms with E-state index in [-0.39, 0.29) is 16.9 Å². The van der Waals surface area contributed by atoms with E-state index in [2.05, 4.69) is 37.7 Å². The van der Waals surface area contributed by atoms with Crippen LogP contribution < -0.4 is 10.0 Å². The molecular formula is C15H31N3O2S. The lowest BCUT2D eigenvalue weighted by atomic mass is 10.0. The van der Waals surface area contributed by atoms with Crippen LogP contribution in [0.4, 0.5) is 0 Å². The molecule has 0 aromatic carbocycles. The van der Waals surface area contributed by atoms with Gasteiger partial charge < -0.3 is 5.32 Å². The molecule has 2 rings (SSSR count). The van der Waals surface area contributed by atoms with Gasteiger partial charge in [-0.2, -0.15) is 12.7 Å². The Balaban J connectivity index is 1.98. The fourth-order valence-electron chi connectivity index (χ4n) is 3.85. The molecule has 1 aliphatic heterocycles. The van der Waals surface area contributed by atoms with Gasteiger partial charge in [-0.15, -0.1) is 0 Å². The topological polar surface area (TPSA) is 61.4 Å². The zero-order valence-electron chi connectivity index (χ0n) is 14.1. The van der Waals surface area contributed by atoms with E-state index >= 15 is 0 Å². The van der Waals surface area contributed by atoms with Crippen molar-refractivity contribution in [2.24, 2.45) is 16.7 Å². The van der Waals surface area contributed by atoms with E-state index in [4.69, 9.17) is 0 Å². The number of likely N-dealkylation sites (N-methyl/N-ethyl adjacent to an activating group) is 1. The fraction of sp³-hybridized carbons (Fsp3) is 1.00. The highest BCUT2D eigenvalue weighted by Crippen LogP contribution is 2.67. The van der Waals surface area contributed by atoms with E-state index in [1.165, 1.54) is 0 Å². The second kappa shape index (κ2) is 5.80. The van der Waals surface area contributed by atoms with E-state index < -0.39 is 10.2 Å². The monoisotopic (exact) mass is 317 g/mol. The molecule has 0 bridgehead atoms. The summed E-state index contributed by atoms with van der Waals surface area (Å²) in [6.45, 7) is 10.8. The van der Waals surface area contributed by atoms with Crippen LogP contribution in [0.2, 0.25) is 0 Å². The third-order valence-electron chi connectivity index (χ3n) is 6.11. The maximum atomic E-state index is 12.6. The normalized spacial score (nSPS) is 29.5. The zero-order chi connectivity index (χ0) is 15.9. The highest BCUT2D eigenvalue weighted by atomic mass is 32.2. The maximum absolute atomic E-state index is 12.6. The molecule has 2 N–H and O–H groups in total. The van der Waals surface area contributed by atoms with Gasteiger partial charge in [0.25, 0.3) is 10.2 Å². The number of hydrogen-bond donors (Lipinski definition) is 2. The van der Waals surface area contributed by atoms with E-state index in [1.54, 1.807) is 4.31 Å². The number of nitrogens with zero attached hydrogens (tertiary/aromatic N) is 1.